The van der Waals surface area contributed by atoms with Crippen LogP contribution in [0.15, 0.2) is 29.3 Å². The number of methoxy groups -OCH3 is 2. The second-order valence-electron chi connectivity index (χ2n) is 6.39. The molecule has 2 atom stereocenters. The molecule has 8 heteroatoms. The predicted octanol–water partition coefficient (Wildman–Crippen LogP) is 1.89. The van der Waals surface area contributed by atoms with Crippen molar-refractivity contribution in [2.75, 3.05) is 60.7 Å². The van der Waals surface area contributed by atoms with Crippen molar-refractivity contribution >= 4 is 29.9 Å². The average molecular weight is 492 g/mol. The largest absolute Gasteiger partial charge is 0.497 e. The van der Waals surface area contributed by atoms with Crippen LogP contribution in [0.1, 0.15) is 18.5 Å². The highest BCUT2D eigenvalue weighted by atomic mass is 127. The summed E-state index contributed by atoms with van der Waals surface area (Å²) >= 11 is 0. The first kappa shape index (κ1) is 23.9. The maximum atomic E-state index is 5.52. The fourth-order valence-corrected chi connectivity index (χ4v) is 3.09. The fraction of sp³-hybridized carbons (Fsp3) is 0.632. The molecule has 1 heterocycles. The molecule has 1 aromatic carbocycles. The van der Waals surface area contributed by atoms with Gasteiger partial charge in [0, 0.05) is 39.8 Å². The van der Waals surface area contributed by atoms with Crippen molar-refractivity contribution in [3.63, 3.8) is 0 Å². The Morgan fingerprint density at radius 2 is 1.89 bits per heavy atom. The molecule has 0 aliphatic carbocycles. The minimum absolute atomic E-state index is 0. The summed E-state index contributed by atoms with van der Waals surface area (Å²) in [5.41, 5.74) is 1.25. The lowest BCUT2D eigenvalue weighted by Gasteiger charge is -2.35. The SMILES string of the molecule is CN=C(NCC(c1ccc(OC)cc1)N1CCOCC1)NC(C)COC.I. The fourth-order valence-electron chi connectivity index (χ4n) is 3.09. The Bertz CT molecular complexity index is 550. The lowest BCUT2D eigenvalue weighted by Crippen LogP contribution is -2.48. The molecule has 2 unspecified atom stereocenters. The minimum atomic E-state index is 0. The Kier molecular flexibility index (Phi) is 11.7. The number of nitrogens with zero attached hydrogens (tertiary/aromatic N) is 2. The molecule has 154 valence electrons. The monoisotopic (exact) mass is 492 g/mol. The van der Waals surface area contributed by atoms with Gasteiger partial charge in [0.1, 0.15) is 5.75 Å². The van der Waals surface area contributed by atoms with Gasteiger partial charge in [0.25, 0.3) is 0 Å². The van der Waals surface area contributed by atoms with Crippen molar-refractivity contribution in [1.29, 1.82) is 0 Å². The minimum Gasteiger partial charge on any atom is -0.497 e. The lowest BCUT2D eigenvalue weighted by atomic mass is 10.0. The first-order valence-electron chi connectivity index (χ1n) is 9.09. The van der Waals surface area contributed by atoms with Crippen LogP contribution in [0.3, 0.4) is 0 Å². The van der Waals surface area contributed by atoms with E-state index in [1.165, 1.54) is 5.56 Å². The summed E-state index contributed by atoms with van der Waals surface area (Å²) in [6, 6.07) is 8.71. The maximum Gasteiger partial charge on any atom is 0.191 e. The van der Waals surface area contributed by atoms with E-state index in [1.807, 2.05) is 12.1 Å². The van der Waals surface area contributed by atoms with Gasteiger partial charge in [-0.25, -0.2) is 0 Å². The van der Waals surface area contributed by atoms with Gasteiger partial charge in [0.05, 0.1) is 33.0 Å². The van der Waals surface area contributed by atoms with E-state index in [0.717, 1.165) is 44.6 Å². The number of ether oxygens (including phenoxy) is 3. The van der Waals surface area contributed by atoms with Gasteiger partial charge in [0.2, 0.25) is 0 Å². The van der Waals surface area contributed by atoms with Crippen LogP contribution < -0.4 is 15.4 Å². The maximum absolute atomic E-state index is 5.52. The van der Waals surface area contributed by atoms with E-state index in [2.05, 4.69) is 39.6 Å². The van der Waals surface area contributed by atoms with Crippen molar-refractivity contribution in [2.24, 2.45) is 4.99 Å². The van der Waals surface area contributed by atoms with E-state index in [9.17, 15) is 0 Å². The normalized spacial score (nSPS) is 17.6. The quantitative estimate of drug-likeness (QED) is 0.328. The van der Waals surface area contributed by atoms with E-state index in [-0.39, 0.29) is 36.1 Å². The summed E-state index contributed by atoms with van der Waals surface area (Å²) in [5.74, 6) is 1.65. The molecule has 1 fully saturated rings. The average Bonchev–Trinajstić information content (AvgIpc) is 2.68. The molecule has 2 rings (SSSR count). The van der Waals surface area contributed by atoms with Crippen LogP contribution in [-0.2, 0) is 9.47 Å². The lowest BCUT2D eigenvalue weighted by molar-refractivity contribution is 0.0169. The zero-order chi connectivity index (χ0) is 18.8. The van der Waals surface area contributed by atoms with Crippen molar-refractivity contribution < 1.29 is 14.2 Å². The Balaban J connectivity index is 0.00000364. The molecule has 0 radical (unpaired) electrons. The number of halogens is 1. The van der Waals surface area contributed by atoms with Gasteiger partial charge in [-0.05, 0) is 24.6 Å². The van der Waals surface area contributed by atoms with Gasteiger partial charge in [-0.1, -0.05) is 12.1 Å². The second-order valence-corrected chi connectivity index (χ2v) is 6.39. The molecule has 0 aromatic heterocycles. The van der Waals surface area contributed by atoms with Gasteiger partial charge in [-0.3, -0.25) is 9.89 Å². The standard InChI is InChI=1S/C19H32N4O3.HI/c1-15(14-24-3)22-19(20-2)21-13-18(23-9-11-26-12-10-23)16-5-7-17(25-4)8-6-16;/h5-8,15,18H,9-14H2,1-4H3,(H2,20,21,22);1H. The van der Waals surface area contributed by atoms with E-state index >= 15 is 0 Å². The van der Waals surface area contributed by atoms with Gasteiger partial charge in [-0.2, -0.15) is 0 Å². The van der Waals surface area contributed by atoms with Crippen LogP contribution in [0.4, 0.5) is 0 Å². The first-order chi connectivity index (χ1) is 12.7. The predicted molar refractivity (Wildman–Crippen MR) is 119 cm³/mol. The highest BCUT2D eigenvalue weighted by Crippen LogP contribution is 2.23. The molecule has 0 saturated carbocycles. The Morgan fingerprint density at radius 3 is 2.44 bits per heavy atom. The molecule has 1 aliphatic rings. The van der Waals surface area contributed by atoms with Gasteiger partial charge >= 0.3 is 0 Å². The molecular formula is C19H33IN4O3. The number of guanidine groups is 1. The summed E-state index contributed by atoms with van der Waals surface area (Å²) in [7, 11) is 5.17. The molecule has 27 heavy (non-hydrogen) atoms. The molecular weight excluding hydrogens is 459 g/mol. The van der Waals surface area contributed by atoms with Gasteiger partial charge in [-0.15, -0.1) is 24.0 Å². The summed E-state index contributed by atoms with van der Waals surface area (Å²) in [6.07, 6.45) is 0. The molecule has 7 nitrogen and oxygen atoms in total. The number of hydrogen-bond acceptors (Lipinski definition) is 5. The second kappa shape index (κ2) is 13.1. The molecule has 2 N–H and O–H groups in total. The van der Waals surface area contributed by atoms with Crippen LogP contribution in [0.25, 0.3) is 0 Å². The van der Waals surface area contributed by atoms with E-state index in [1.54, 1.807) is 21.3 Å². The number of morpholine rings is 1. The van der Waals surface area contributed by atoms with Crippen LogP contribution >= 0.6 is 24.0 Å². The molecule has 0 spiro atoms. The van der Waals surface area contributed by atoms with Crippen molar-refractivity contribution in [2.45, 2.75) is 19.0 Å². The summed E-state index contributed by atoms with van der Waals surface area (Å²) in [6.45, 7) is 6.83. The molecule has 1 aliphatic heterocycles. The topological polar surface area (TPSA) is 67.4 Å². The summed E-state index contributed by atoms with van der Waals surface area (Å²) in [5, 5.41) is 6.80. The third-order valence-electron chi connectivity index (χ3n) is 4.47. The van der Waals surface area contributed by atoms with E-state index < -0.39 is 0 Å². The third kappa shape index (κ3) is 7.81. The summed E-state index contributed by atoms with van der Waals surface area (Å²) < 4.78 is 16.0. The Hall–Kier alpha value is -1.10. The molecule has 0 bridgehead atoms. The summed E-state index contributed by atoms with van der Waals surface area (Å²) in [4.78, 5) is 6.77. The van der Waals surface area contributed by atoms with Crippen molar-refractivity contribution in [3.05, 3.63) is 29.8 Å². The number of aliphatic imine (C=N–C) groups is 1. The number of rotatable bonds is 8. The van der Waals surface area contributed by atoms with E-state index in [4.69, 9.17) is 14.2 Å². The first-order valence-corrected chi connectivity index (χ1v) is 9.09. The zero-order valence-corrected chi connectivity index (χ0v) is 19.1. The van der Waals surface area contributed by atoms with Crippen molar-refractivity contribution in [1.82, 2.24) is 15.5 Å². The van der Waals surface area contributed by atoms with Gasteiger partial charge < -0.3 is 24.8 Å². The van der Waals surface area contributed by atoms with Gasteiger partial charge in [0.15, 0.2) is 5.96 Å². The van der Waals surface area contributed by atoms with Crippen LogP contribution in [-0.4, -0.2) is 77.6 Å². The van der Waals surface area contributed by atoms with E-state index in [0.29, 0.717) is 6.61 Å². The number of hydrogen-bond donors (Lipinski definition) is 2. The highest BCUT2D eigenvalue weighted by Gasteiger charge is 2.23. The molecule has 1 aromatic rings. The zero-order valence-electron chi connectivity index (χ0n) is 16.7. The van der Waals surface area contributed by atoms with Crippen LogP contribution in [0.5, 0.6) is 5.75 Å². The number of benzene rings is 1. The molecule has 1 saturated heterocycles. The van der Waals surface area contributed by atoms with Crippen LogP contribution in [0, 0.1) is 0 Å². The van der Waals surface area contributed by atoms with Crippen molar-refractivity contribution in [3.8, 4) is 5.75 Å². The number of nitrogens with one attached hydrogen (secondary N) is 2. The Morgan fingerprint density at radius 1 is 1.22 bits per heavy atom. The molecule has 0 amide bonds. The smallest absolute Gasteiger partial charge is 0.191 e. The van der Waals surface area contributed by atoms with Crippen LogP contribution in [0.2, 0.25) is 0 Å². The third-order valence-corrected chi connectivity index (χ3v) is 4.47. The highest BCUT2D eigenvalue weighted by molar-refractivity contribution is 14.0. The Labute approximate surface area is 179 Å².